The Hall–Kier alpha value is -1.26. The fraction of sp³-hybridized carbons (Fsp3) is 0.188. The molecule has 1 aliphatic rings. The van der Waals surface area contributed by atoms with Crippen molar-refractivity contribution in [3.63, 3.8) is 0 Å². The van der Waals surface area contributed by atoms with Gasteiger partial charge in [0.2, 0.25) is 0 Å². The van der Waals surface area contributed by atoms with E-state index in [2.05, 4.69) is 128 Å². The van der Waals surface area contributed by atoms with Gasteiger partial charge in [-0.25, -0.2) is 9.59 Å². The van der Waals surface area contributed by atoms with E-state index in [1.807, 2.05) is 36.4 Å². The van der Waals surface area contributed by atoms with Crippen LogP contribution in [0.25, 0.3) is 0 Å². The molecule has 4 aromatic rings. The van der Waals surface area contributed by atoms with E-state index in [0.29, 0.717) is 11.1 Å². The van der Waals surface area contributed by atoms with Crippen molar-refractivity contribution in [1.29, 1.82) is 0 Å². The van der Waals surface area contributed by atoms with E-state index in [-0.39, 0.29) is 11.8 Å². The van der Waals surface area contributed by atoms with Crippen LogP contribution >= 0.6 is 90.4 Å². The Morgan fingerprint density at radius 2 is 1.00 bits per heavy atom. The molecule has 4 nitrogen and oxygen atoms in total. The fourth-order valence-electron chi connectivity index (χ4n) is 5.36. The van der Waals surface area contributed by atoms with E-state index >= 15 is 0 Å². The van der Waals surface area contributed by atoms with Crippen LogP contribution in [0.4, 0.5) is 0 Å². The van der Waals surface area contributed by atoms with Gasteiger partial charge in [-0.1, -0.05) is 43.3 Å². The highest BCUT2D eigenvalue weighted by Gasteiger charge is 2.49. The number of esters is 2. The third-order valence-corrected chi connectivity index (χ3v) is 11.3. The van der Waals surface area contributed by atoms with E-state index in [4.69, 9.17) is 9.47 Å². The smallest absolute Gasteiger partial charge is 0.338 e. The lowest BCUT2D eigenvalue weighted by Gasteiger charge is -2.43. The van der Waals surface area contributed by atoms with Gasteiger partial charge in [-0.2, -0.15) is 0 Å². The van der Waals surface area contributed by atoms with Gasteiger partial charge in [-0.05, 0) is 168 Å². The second-order valence-corrected chi connectivity index (χ2v) is 14.3. The average molecular weight is 980 g/mol. The summed E-state index contributed by atoms with van der Waals surface area (Å²) in [5, 5.41) is 0. The Morgan fingerprint density at radius 3 is 1.52 bits per heavy atom. The summed E-state index contributed by atoms with van der Waals surface area (Å²) < 4.78 is 17.1. The number of fused-ring (bicyclic) bond motifs is 1. The van der Waals surface area contributed by atoms with Crippen LogP contribution < -0.4 is 0 Å². The number of benzene rings is 4. The van der Waals surface area contributed by atoms with Crippen molar-refractivity contribution >= 4 is 102 Å². The highest BCUT2D eigenvalue weighted by Crippen LogP contribution is 2.50. The summed E-state index contributed by atoms with van der Waals surface area (Å²) in [7, 11) is 0. The van der Waals surface area contributed by atoms with Gasteiger partial charge >= 0.3 is 11.9 Å². The van der Waals surface area contributed by atoms with Crippen molar-refractivity contribution in [2.75, 3.05) is 0 Å². The van der Waals surface area contributed by atoms with Crippen molar-refractivity contribution in [3.05, 3.63) is 133 Å². The van der Waals surface area contributed by atoms with Gasteiger partial charge in [0.15, 0.2) is 6.10 Å². The first kappa shape index (κ1) is 30.2. The molecule has 4 atom stereocenters. The molecular formula is C32H24I4O4. The second kappa shape index (κ2) is 12.9. The quantitative estimate of drug-likeness (QED) is 0.148. The molecule has 0 saturated carbocycles. The summed E-state index contributed by atoms with van der Waals surface area (Å²) in [6.45, 7) is 4.17. The highest BCUT2D eigenvalue weighted by molar-refractivity contribution is 14.1. The zero-order valence-electron chi connectivity index (χ0n) is 21.5. The van der Waals surface area contributed by atoms with Crippen LogP contribution in [0.3, 0.4) is 0 Å². The Bertz CT molecular complexity index is 1570. The largest absolute Gasteiger partial charge is 0.454 e. The SMILES string of the molecule is Cc1c(I)ccc(I)c1C1c2c(I)ccc(I)c2C(C)C(OC(=O)c2ccccc2)C1OC(=O)c1ccccc1. The number of rotatable bonds is 5. The first-order valence-corrected chi connectivity index (χ1v) is 16.9. The molecule has 0 aliphatic heterocycles. The van der Waals surface area contributed by atoms with Crippen LogP contribution in [-0.2, 0) is 9.47 Å². The molecule has 4 unspecified atom stereocenters. The topological polar surface area (TPSA) is 52.6 Å². The minimum absolute atomic E-state index is 0.213. The molecule has 0 N–H and O–H groups in total. The Kier molecular flexibility index (Phi) is 9.77. The number of hydrogen-bond donors (Lipinski definition) is 0. The third kappa shape index (κ3) is 5.96. The maximum absolute atomic E-state index is 13.6. The van der Waals surface area contributed by atoms with Crippen LogP contribution in [0.5, 0.6) is 0 Å². The van der Waals surface area contributed by atoms with Crippen molar-refractivity contribution in [3.8, 4) is 0 Å². The normalized spacial score (nSPS) is 19.9. The summed E-state index contributed by atoms with van der Waals surface area (Å²) in [5.41, 5.74) is 5.39. The first-order valence-electron chi connectivity index (χ1n) is 12.6. The van der Waals surface area contributed by atoms with Crippen LogP contribution in [-0.4, -0.2) is 24.1 Å². The van der Waals surface area contributed by atoms with Crippen LogP contribution in [0.2, 0.25) is 0 Å². The summed E-state index contributed by atoms with van der Waals surface area (Å²) in [4.78, 5) is 27.1. The van der Waals surface area contributed by atoms with Crippen LogP contribution in [0, 0.1) is 21.2 Å². The molecule has 4 aromatic carbocycles. The van der Waals surface area contributed by atoms with Crippen LogP contribution in [0.15, 0.2) is 84.9 Å². The number of carbonyl (C=O) groups is 2. The molecule has 0 amide bonds. The molecule has 1 aliphatic carbocycles. The maximum Gasteiger partial charge on any atom is 0.338 e. The van der Waals surface area contributed by atoms with Gasteiger partial charge < -0.3 is 9.47 Å². The van der Waals surface area contributed by atoms with Gasteiger partial charge in [0, 0.05) is 20.2 Å². The Balaban J connectivity index is 1.73. The van der Waals surface area contributed by atoms with Crippen molar-refractivity contribution < 1.29 is 19.1 Å². The van der Waals surface area contributed by atoms with E-state index in [1.165, 1.54) is 0 Å². The third-order valence-electron chi connectivity index (χ3n) is 7.30. The predicted octanol–water partition coefficient (Wildman–Crippen LogP) is 9.11. The van der Waals surface area contributed by atoms with Crippen molar-refractivity contribution in [2.24, 2.45) is 0 Å². The number of carbonyl (C=O) groups excluding carboxylic acids is 2. The molecule has 0 bridgehead atoms. The monoisotopic (exact) mass is 980 g/mol. The summed E-state index contributed by atoms with van der Waals surface area (Å²) in [6, 6.07) is 26.4. The molecular weight excluding hydrogens is 956 g/mol. The molecule has 5 rings (SSSR count). The molecule has 0 spiro atoms. The van der Waals surface area contributed by atoms with Crippen LogP contribution in [0.1, 0.15) is 61.7 Å². The zero-order valence-corrected chi connectivity index (χ0v) is 30.2. The van der Waals surface area contributed by atoms with Gasteiger partial charge in [0.05, 0.1) is 17.0 Å². The molecule has 0 radical (unpaired) electrons. The Morgan fingerprint density at radius 1 is 0.575 bits per heavy atom. The Labute approximate surface area is 288 Å². The number of hydrogen-bond acceptors (Lipinski definition) is 4. The molecule has 0 saturated heterocycles. The number of halogens is 4. The van der Waals surface area contributed by atoms with Gasteiger partial charge in [0.25, 0.3) is 0 Å². The molecule has 204 valence electrons. The second-order valence-electron chi connectivity index (χ2n) is 9.66. The van der Waals surface area contributed by atoms with Gasteiger partial charge in [-0.15, -0.1) is 0 Å². The molecule has 40 heavy (non-hydrogen) atoms. The van der Waals surface area contributed by atoms with E-state index in [9.17, 15) is 9.59 Å². The van der Waals surface area contributed by atoms with E-state index in [1.54, 1.807) is 24.3 Å². The summed E-state index contributed by atoms with van der Waals surface area (Å²) in [5.74, 6) is -1.42. The first-order chi connectivity index (χ1) is 19.2. The standard InChI is InChI=1S/C32H24I4O4/c1-17-21(33)13-14-22(34)25(17)28-27-24(36)16-15-23(35)26(27)18(2)29(39-31(37)19-9-5-3-6-10-19)30(28)40-32(38)20-11-7-4-8-12-20/h3-16,18,28-30H,1-2H3. The molecule has 0 heterocycles. The maximum atomic E-state index is 13.6. The lowest BCUT2D eigenvalue weighted by atomic mass is 9.70. The van der Waals surface area contributed by atoms with Crippen molar-refractivity contribution in [1.82, 2.24) is 0 Å². The van der Waals surface area contributed by atoms with E-state index < -0.39 is 24.1 Å². The molecule has 8 heteroatoms. The lowest BCUT2D eigenvalue weighted by molar-refractivity contribution is -0.0535. The highest BCUT2D eigenvalue weighted by atomic mass is 127. The lowest BCUT2D eigenvalue weighted by Crippen LogP contribution is -2.47. The van der Waals surface area contributed by atoms with Crippen molar-refractivity contribution in [2.45, 2.75) is 37.9 Å². The van der Waals surface area contributed by atoms with Gasteiger partial charge in [0.1, 0.15) is 6.10 Å². The van der Waals surface area contributed by atoms with Gasteiger partial charge in [-0.3, -0.25) is 0 Å². The van der Waals surface area contributed by atoms with E-state index in [0.717, 1.165) is 36.5 Å². The minimum atomic E-state index is -0.750. The summed E-state index contributed by atoms with van der Waals surface area (Å²) >= 11 is 9.48. The molecule has 0 fully saturated rings. The fourth-order valence-corrected chi connectivity index (χ4v) is 8.52. The number of ether oxygens (including phenoxy) is 2. The summed E-state index contributed by atoms with van der Waals surface area (Å²) in [6.07, 6.45) is -1.46. The average Bonchev–Trinajstić information content (AvgIpc) is 2.96. The zero-order chi connectivity index (χ0) is 28.6. The minimum Gasteiger partial charge on any atom is -0.454 e. The predicted molar refractivity (Wildman–Crippen MR) is 190 cm³/mol. The molecule has 0 aromatic heterocycles.